The SMILES string of the molecule is C[C@H](C(=O)N(C)C)C(OC(N)=O)c1ccccn1. The van der Waals surface area contributed by atoms with Gasteiger partial charge in [0.25, 0.3) is 0 Å². The number of carbonyl (C=O) groups is 2. The van der Waals surface area contributed by atoms with Gasteiger partial charge in [0, 0.05) is 20.3 Å². The number of pyridine rings is 1. The number of hydrogen-bond acceptors (Lipinski definition) is 4. The van der Waals surface area contributed by atoms with Crippen molar-refractivity contribution in [3.63, 3.8) is 0 Å². The number of carbonyl (C=O) groups excluding carboxylic acids is 2. The molecule has 0 aliphatic rings. The summed E-state index contributed by atoms with van der Waals surface area (Å²) in [6.45, 7) is 1.67. The molecule has 6 nitrogen and oxygen atoms in total. The van der Waals surface area contributed by atoms with Crippen LogP contribution in [0.5, 0.6) is 0 Å². The molecule has 1 rings (SSSR count). The highest BCUT2D eigenvalue weighted by molar-refractivity contribution is 5.79. The summed E-state index contributed by atoms with van der Waals surface area (Å²) in [5.41, 5.74) is 5.53. The Morgan fingerprint density at radius 3 is 2.50 bits per heavy atom. The van der Waals surface area contributed by atoms with Crippen LogP contribution in [0.3, 0.4) is 0 Å². The minimum absolute atomic E-state index is 0.160. The maximum atomic E-state index is 11.9. The lowest BCUT2D eigenvalue weighted by Crippen LogP contribution is -2.34. The Bertz CT molecular complexity index is 420. The van der Waals surface area contributed by atoms with Crippen molar-refractivity contribution in [1.29, 1.82) is 0 Å². The molecule has 0 fully saturated rings. The Labute approximate surface area is 106 Å². The molecule has 98 valence electrons. The largest absolute Gasteiger partial charge is 0.439 e. The zero-order valence-electron chi connectivity index (χ0n) is 10.7. The van der Waals surface area contributed by atoms with Crippen LogP contribution in [0.4, 0.5) is 4.79 Å². The quantitative estimate of drug-likeness (QED) is 0.863. The lowest BCUT2D eigenvalue weighted by atomic mass is 10.00. The fourth-order valence-corrected chi connectivity index (χ4v) is 1.62. The first-order chi connectivity index (χ1) is 8.43. The Morgan fingerprint density at radius 1 is 1.39 bits per heavy atom. The van der Waals surface area contributed by atoms with E-state index in [0.29, 0.717) is 5.69 Å². The van der Waals surface area contributed by atoms with Crippen LogP contribution in [0.25, 0.3) is 0 Å². The van der Waals surface area contributed by atoms with Crippen LogP contribution < -0.4 is 5.73 Å². The summed E-state index contributed by atoms with van der Waals surface area (Å²) in [6, 6.07) is 5.18. The second-order valence-corrected chi connectivity index (χ2v) is 4.13. The molecule has 0 aliphatic carbocycles. The van der Waals surface area contributed by atoms with Crippen molar-refractivity contribution >= 4 is 12.0 Å². The summed E-state index contributed by atoms with van der Waals surface area (Å²) >= 11 is 0. The first-order valence-electron chi connectivity index (χ1n) is 5.51. The molecule has 1 heterocycles. The number of amides is 2. The predicted molar refractivity (Wildman–Crippen MR) is 65.5 cm³/mol. The van der Waals surface area contributed by atoms with Crippen LogP contribution in [0, 0.1) is 5.92 Å². The van der Waals surface area contributed by atoms with Gasteiger partial charge in [-0.05, 0) is 19.1 Å². The average molecular weight is 251 g/mol. The van der Waals surface area contributed by atoms with E-state index in [1.807, 2.05) is 0 Å². The Hall–Kier alpha value is -2.11. The topological polar surface area (TPSA) is 85.5 Å². The van der Waals surface area contributed by atoms with Crippen LogP contribution in [0.1, 0.15) is 18.7 Å². The number of nitrogens with zero attached hydrogens (tertiary/aromatic N) is 2. The van der Waals surface area contributed by atoms with E-state index in [4.69, 9.17) is 10.5 Å². The third-order valence-corrected chi connectivity index (χ3v) is 2.51. The molecule has 0 spiro atoms. The number of primary amides is 1. The summed E-state index contributed by atoms with van der Waals surface area (Å²) < 4.78 is 5.00. The molecule has 0 saturated heterocycles. The van der Waals surface area contributed by atoms with Gasteiger partial charge >= 0.3 is 6.09 Å². The smallest absolute Gasteiger partial charge is 0.405 e. The third-order valence-electron chi connectivity index (χ3n) is 2.51. The molecule has 1 aromatic heterocycles. The van der Waals surface area contributed by atoms with Gasteiger partial charge in [-0.25, -0.2) is 4.79 Å². The fourth-order valence-electron chi connectivity index (χ4n) is 1.62. The zero-order valence-corrected chi connectivity index (χ0v) is 10.7. The van der Waals surface area contributed by atoms with Gasteiger partial charge in [-0.15, -0.1) is 0 Å². The molecule has 2 N–H and O–H groups in total. The maximum absolute atomic E-state index is 11.9. The second-order valence-electron chi connectivity index (χ2n) is 4.13. The maximum Gasteiger partial charge on any atom is 0.405 e. The van der Waals surface area contributed by atoms with E-state index in [0.717, 1.165) is 0 Å². The van der Waals surface area contributed by atoms with Crippen molar-refractivity contribution in [1.82, 2.24) is 9.88 Å². The molecule has 1 unspecified atom stereocenters. The molecular weight excluding hydrogens is 234 g/mol. The van der Waals surface area contributed by atoms with Crippen molar-refractivity contribution in [3.05, 3.63) is 30.1 Å². The third kappa shape index (κ3) is 3.44. The first kappa shape index (κ1) is 14.0. The van der Waals surface area contributed by atoms with Crippen LogP contribution in [0.2, 0.25) is 0 Å². The van der Waals surface area contributed by atoms with Gasteiger partial charge < -0.3 is 15.4 Å². The van der Waals surface area contributed by atoms with E-state index in [-0.39, 0.29) is 5.91 Å². The summed E-state index contributed by atoms with van der Waals surface area (Å²) in [5.74, 6) is -0.714. The van der Waals surface area contributed by atoms with Crippen molar-refractivity contribution in [2.45, 2.75) is 13.0 Å². The summed E-state index contributed by atoms with van der Waals surface area (Å²) in [7, 11) is 3.27. The summed E-state index contributed by atoms with van der Waals surface area (Å²) in [5, 5.41) is 0. The molecule has 0 aromatic carbocycles. The monoisotopic (exact) mass is 251 g/mol. The standard InChI is InChI=1S/C12H17N3O3/c1-8(11(16)15(2)3)10(18-12(13)17)9-6-4-5-7-14-9/h4-8,10H,1-3H3,(H2,13,17)/t8-,10?/m0/s1. The van der Waals surface area contributed by atoms with Crippen LogP contribution in [0.15, 0.2) is 24.4 Å². The van der Waals surface area contributed by atoms with Gasteiger partial charge in [0.15, 0.2) is 6.10 Å². The molecule has 0 aliphatic heterocycles. The number of hydrogen-bond donors (Lipinski definition) is 1. The summed E-state index contributed by atoms with van der Waals surface area (Å²) in [4.78, 5) is 28.4. The van der Waals surface area contributed by atoms with Crippen LogP contribution in [-0.4, -0.2) is 36.0 Å². The minimum atomic E-state index is -0.927. The molecule has 6 heteroatoms. The molecule has 2 amide bonds. The van der Waals surface area contributed by atoms with E-state index in [2.05, 4.69) is 4.98 Å². The number of ether oxygens (including phenoxy) is 1. The second kappa shape index (κ2) is 6.00. The van der Waals surface area contributed by atoms with Gasteiger partial charge in [-0.2, -0.15) is 0 Å². The van der Waals surface area contributed by atoms with E-state index in [1.165, 1.54) is 4.90 Å². The van der Waals surface area contributed by atoms with Crippen molar-refractivity contribution in [2.75, 3.05) is 14.1 Å². The molecule has 0 bridgehead atoms. The lowest BCUT2D eigenvalue weighted by Gasteiger charge is -2.24. The van der Waals surface area contributed by atoms with Crippen molar-refractivity contribution in [2.24, 2.45) is 11.7 Å². The van der Waals surface area contributed by atoms with Crippen molar-refractivity contribution in [3.8, 4) is 0 Å². The molecule has 0 saturated carbocycles. The Morgan fingerprint density at radius 2 is 2.06 bits per heavy atom. The Balaban J connectivity index is 2.99. The lowest BCUT2D eigenvalue weighted by molar-refractivity contribution is -0.136. The molecule has 0 radical (unpaired) electrons. The van der Waals surface area contributed by atoms with Gasteiger partial charge in [0.2, 0.25) is 5.91 Å². The molecule has 18 heavy (non-hydrogen) atoms. The minimum Gasteiger partial charge on any atom is -0.439 e. The van der Waals surface area contributed by atoms with Crippen LogP contribution >= 0.6 is 0 Å². The zero-order chi connectivity index (χ0) is 13.7. The summed E-state index contributed by atoms with van der Waals surface area (Å²) in [6.07, 6.45) is -0.137. The highest BCUT2D eigenvalue weighted by Gasteiger charge is 2.30. The number of nitrogens with two attached hydrogens (primary N) is 1. The molecule has 1 aromatic rings. The van der Waals surface area contributed by atoms with Gasteiger partial charge in [0.05, 0.1) is 11.6 Å². The van der Waals surface area contributed by atoms with E-state index < -0.39 is 18.1 Å². The van der Waals surface area contributed by atoms with Gasteiger partial charge in [0.1, 0.15) is 0 Å². The highest BCUT2D eigenvalue weighted by atomic mass is 16.6. The number of rotatable bonds is 4. The van der Waals surface area contributed by atoms with Gasteiger partial charge in [-0.1, -0.05) is 6.07 Å². The first-order valence-corrected chi connectivity index (χ1v) is 5.51. The van der Waals surface area contributed by atoms with E-state index >= 15 is 0 Å². The molecular formula is C12H17N3O3. The van der Waals surface area contributed by atoms with Crippen LogP contribution in [-0.2, 0) is 9.53 Å². The predicted octanol–water partition coefficient (Wildman–Crippen LogP) is 0.942. The fraction of sp³-hybridized carbons (Fsp3) is 0.417. The number of aromatic nitrogens is 1. The highest BCUT2D eigenvalue weighted by Crippen LogP contribution is 2.25. The van der Waals surface area contributed by atoms with Gasteiger partial charge in [-0.3, -0.25) is 9.78 Å². The average Bonchev–Trinajstić information content (AvgIpc) is 2.35. The normalized spacial score (nSPS) is 13.5. The van der Waals surface area contributed by atoms with Crippen molar-refractivity contribution < 1.29 is 14.3 Å². The molecule has 2 atom stereocenters. The Kier molecular flexibility index (Phi) is 4.65. The van der Waals surface area contributed by atoms with E-state index in [1.54, 1.807) is 45.4 Å². The van der Waals surface area contributed by atoms with E-state index in [9.17, 15) is 9.59 Å².